The summed E-state index contributed by atoms with van der Waals surface area (Å²) in [5, 5.41) is 3.36. The SMILES string of the molecule is CNC(CCCC(C)C)CSC. The van der Waals surface area contributed by atoms with Gasteiger partial charge in [-0.1, -0.05) is 26.7 Å². The fraction of sp³-hybridized carbons (Fsp3) is 1.00. The minimum atomic E-state index is 0.721. The molecular weight excluding hydrogens is 166 g/mol. The molecule has 0 saturated carbocycles. The molecule has 0 bridgehead atoms. The van der Waals surface area contributed by atoms with Crippen molar-refractivity contribution in [1.29, 1.82) is 0 Å². The maximum atomic E-state index is 3.36. The van der Waals surface area contributed by atoms with E-state index in [1.54, 1.807) is 0 Å². The summed E-state index contributed by atoms with van der Waals surface area (Å²) in [4.78, 5) is 0. The van der Waals surface area contributed by atoms with Gasteiger partial charge in [0.2, 0.25) is 0 Å². The van der Waals surface area contributed by atoms with Crippen molar-refractivity contribution in [3.63, 3.8) is 0 Å². The second-order valence-corrected chi connectivity index (χ2v) is 4.68. The molecular formula is C10H23NS. The standard InChI is InChI=1S/C10H23NS/c1-9(2)6-5-7-10(11-3)8-12-4/h9-11H,5-8H2,1-4H3. The summed E-state index contributed by atoms with van der Waals surface area (Å²) in [5.41, 5.74) is 0. The second-order valence-electron chi connectivity index (χ2n) is 3.77. The first kappa shape index (κ1) is 12.3. The number of rotatable bonds is 7. The van der Waals surface area contributed by atoms with Gasteiger partial charge in [0.25, 0.3) is 0 Å². The van der Waals surface area contributed by atoms with Crippen LogP contribution in [0.1, 0.15) is 33.1 Å². The quantitative estimate of drug-likeness (QED) is 0.661. The Morgan fingerprint density at radius 3 is 2.33 bits per heavy atom. The van der Waals surface area contributed by atoms with Gasteiger partial charge in [0.15, 0.2) is 0 Å². The Bertz CT molecular complexity index is 93.8. The van der Waals surface area contributed by atoms with Crippen LogP contribution in [-0.4, -0.2) is 25.1 Å². The molecule has 0 aliphatic heterocycles. The van der Waals surface area contributed by atoms with Crippen LogP contribution in [0.15, 0.2) is 0 Å². The van der Waals surface area contributed by atoms with E-state index in [-0.39, 0.29) is 0 Å². The predicted octanol–water partition coefficient (Wildman–Crippen LogP) is 2.76. The molecule has 1 nitrogen and oxygen atoms in total. The Balaban J connectivity index is 3.31. The summed E-state index contributed by atoms with van der Waals surface area (Å²) in [6, 6.07) is 0.721. The van der Waals surface area contributed by atoms with Crippen molar-refractivity contribution in [3.05, 3.63) is 0 Å². The molecule has 1 N–H and O–H groups in total. The largest absolute Gasteiger partial charge is 0.316 e. The molecule has 74 valence electrons. The van der Waals surface area contributed by atoms with Crippen LogP contribution in [0.2, 0.25) is 0 Å². The number of thioether (sulfide) groups is 1. The molecule has 2 heteroatoms. The van der Waals surface area contributed by atoms with Gasteiger partial charge < -0.3 is 5.32 Å². The molecule has 0 radical (unpaired) electrons. The van der Waals surface area contributed by atoms with Crippen molar-refractivity contribution in [1.82, 2.24) is 5.32 Å². The summed E-state index contributed by atoms with van der Waals surface area (Å²) >= 11 is 1.93. The van der Waals surface area contributed by atoms with E-state index in [1.807, 2.05) is 11.8 Å². The third-order valence-electron chi connectivity index (χ3n) is 2.11. The molecule has 0 aromatic carbocycles. The lowest BCUT2D eigenvalue weighted by atomic mass is 10.0. The zero-order valence-corrected chi connectivity index (χ0v) is 9.71. The van der Waals surface area contributed by atoms with E-state index in [9.17, 15) is 0 Å². The van der Waals surface area contributed by atoms with Gasteiger partial charge in [-0.05, 0) is 25.6 Å². The van der Waals surface area contributed by atoms with Gasteiger partial charge >= 0.3 is 0 Å². The van der Waals surface area contributed by atoms with Crippen LogP contribution in [0, 0.1) is 5.92 Å². The van der Waals surface area contributed by atoms with Crippen LogP contribution in [0.25, 0.3) is 0 Å². The Labute approximate surface area is 81.7 Å². The minimum Gasteiger partial charge on any atom is -0.316 e. The summed E-state index contributed by atoms with van der Waals surface area (Å²) < 4.78 is 0. The third-order valence-corrected chi connectivity index (χ3v) is 2.85. The lowest BCUT2D eigenvalue weighted by Gasteiger charge is -2.14. The molecule has 0 amide bonds. The van der Waals surface area contributed by atoms with E-state index in [2.05, 4.69) is 32.5 Å². The van der Waals surface area contributed by atoms with Gasteiger partial charge in [-0.25, -0.2) is 0 Å². The normalized spacial score (nSPS) is 13.8. The topological polar surface area (TPSA) is 12.0 Å². The first-order valence-electron chi connectivity index (χ1n) is 4.87. The summed E-state index contributed by atoms with van der Waals surface area (Å²) in [6.07, 6.45) is 6.23. The maximum Gasteiger partial charge on any atom is 0.0155 e. The highest BCUT2D eigenvalue weighted by Gasteiger charge is 2.04. The Kier molecular flexibility index (Phi) is 8.14. The average Bonchev–Trinajstić information content (AvgIpc) is 2.02. The predicted molar refractivity (Wildman–Crippen MR) is 59.9 cm³/mol. The molecule has 1 atom stereocenters. The van der Waals surface area contributed by atoms with Gasteiger partial charge in [0.05, 0.1) is 0 Å². The zero-order valence-electron chi connectivity index (χ0n) is 8.89. The highest BCUT2D eigenvalue weighted by Crippen LogP contribution is 2.10. The van der Waals surface area contributed by atoms with Crippen molar-refractivity contribution in [2.24, 2.45) is 5.92 Å². The van der Waals surface area contributed by atoms with Crippen LogP contribution in [0.4, 0.5) is 0 Å². The van der Waals surface area contributed by atoms with E-state index >= 15 is 0 Å². The van der Waals surface area contributed by atoms with E-state index in [0.717, 1.165) is 12.0 Å². The molecule has 1 unspecified atom stereocenters. The highest BCUT2D eigenvalue weighted by molar-refractivity contribution is 7.98. The number of hydrogen-bond donors (Lipinski definition) is 1. The molecule has 0 aromatic rings. The smallest absolute Gasteiger partial charge is 0.0155 e. The van der Waals surface area contributed by atoms with Crippen molar-refractivity contribution in [2.75, 3.05) is 19.1 Å². The highest BCUT2D eigenvalue weighted by atomic mass is 32.2. The molecule has 0 saturated heterocycles. The number of hydrogen-bond acceptors (Lipinski definition) is 2. The zero-order chi connectivity index (χ0) is 9.40. The molecule has 12 heavy (non-hydrogen) atoms. The third kappa shape index (κ3) is 6.99. The van der Waals surface area contributed by atoms with Gasteiger partial charge in [-0.3, -0.25) is 0 Å². The summed E-state index contributed by atoms with van der Waals surface area (Å²) in [6.45, 7) is 4.59. The molecule has 0 fully saturated rings. The first-order valence-corrected chi connectivity index (χ1v) is 6.26. The summed E-state index contributed by atoms with van der Waals surface area (Å²) in [7, 11) is 2.07. The number of nitrogens with one attached hydrogen (secondary N) is 1. The Hall–Kier alpha value is 0.310. The lowest BCUT2D eigenvalue weighted by Crippen LogP contribution is -2.27. The van der Waals surface area contributed by atoms with E-state index in [0.29, 0.717) is 0 Å². The Morgan fingerprint density at radius 2 is 1.92 bits per heavy atom. The van der Waals surface area contributed by atoms with Crippen molar-refractivity contribution in [2.45, 2.75) is 39.2 Å². The molecule has 0 aliphatic rings. The van der Waals surface area contributed by atoms with Crippen molar-refractivity contribution >= 4 is 11.8 Å². The van der Waals surface area contributed by atoms with Crippen LogP contribution in [-0.2, 0) is 0 Å². The fourth-order valence-electron chi connectivity index (χ4n) is 1.28. The van der Waals surface area contributed by atoms with Gasteiger partial charge in [-0.15, -0.1) is 0 Å². The van der Waals surface area contributed by atoms with Crippen molar-refractivity contribution in [3.8, 4) is 0 Å². The van der Waals surface area contributed by atoms with Crippen LogP contribution >= 0.6 is 11.8 Å². The van der Waals surface area contributed by atoms with Gasteiger partial charge in [-0.2, -0.15) is 11.8 Å². The molecule has 0 aliphatic carbocycles. The molecule has 0 aromatic heterocycles. The monoisotopic (exact) mass is 189 g/mol. The van der Waals surface area contributed by atoms with Gasteiger partial charge in [0.1, 0.15) is 0 Å². The van der Waals surface area contributed by atoms with Crippen molar-refractivity contribution < 1.29 is 0 Å². The van der Waals surface area contributed by atoms with E-state index in [1.165, 1.54) is 25.0 Å². The maximum absolute atomic E-state index is 3.36. The minimum absolute atomic E-state index is 0.721. The molecule has 0 spiro atoms. The average molecular weight is 189 g/mol. The Morgan fingerprint density at radius 1 is 1.25 bits per heavy atom. The second kappa shape index (κ2) is 7.93. The molecule has 0 rings (SSSR count). The van der Waals surface area contributed by atoms with Gasteiger partial charge in [0, 0.05) is 11.8 Å². The van der Waals surface area contributed by atoms with Crippen LogP contribution < -0.4 is 5.32 Å². The van der Waals surface area contributed by atoms with Crippen LogP contribution in [0.5, 0.6) is 0 Å². The first-order chi connectivity index (χ1) is 5.70. The lowest BCUT2D eigenvalue weighted by molar-refractivity contribution is 0.483. The summed E-state index contributed by atoms with van der Waals surface area (Å²) in [5.74, 6) is 2.10. The van der Waals surface area contributed by atoms with Crippen LogP contribution in [0.3, 0.4) is 0 Å². The fourth-order valence-corrected chi connectivity index (χ4v) is 2.02. The molecule has 0 heterocycles. The van der Waals surface area contributed by atoms with E-state index in [4.69, 9.17) is 0 Å². The van der Waals surface area contributed by atoms with E-state index < -0.39 is 0 Å².